The third-order valence-corrected chi connectivity index (χ3v) is 6.36. The van der Waals surface area contributed by atoms with Gasteiger partial charge in [-0.05, 0) is 49.2 Å². The quantitative estimate of drug-likeness (QED) is 0.689. The second-order valence-corrected chi connectivity index (χ2v) is 8.27. The summed E-state index contributed by atoms with van der Waals surface area (Å²) in [4.78, 5) is 26.8. The number of carbonyl (C=O) groups is 2. The Kier molecular flexibility index (Phi) is 5.92. The molecular weight excluding hydrogens is 368 g/mol. The van der Waals surface area contributed by atoms with E-state index in [1.54, 1.807) is 18.3 Å². The van der Waals surface area contributed by atoms with Crippen molar-refractivity contribution in [3.63, 3.8) is 0 Å². The van der Waals surface area contributed by atoms with Crippen LogP contribution in [0.5, 0.6) is 0 Å². The molecule has 0 spiro atoms. The number of nitrogens with zero attached hydrogens (tertiary/aromatic N) is 1. The Morgan fingerprint density at radius 3 is 2.11 bits per heavy atom. The number of rotatable bonds is 4. The molecule has 3 rings (SSSR count). The number of hydrogen-bond acceptors (Lipinski definition) is 4. The molecule has 1 fully saturated rings. The molecule has 0 atom stereocenters. The second kappa shape index (κ2) is 8.36. The van der Waals surface area contributed by atoms with Crippen molar-refractivity contribution in [3.05, 3.63) is 53.9 Å². The summed E-state index contributed by atoms with van der Waals surface area (Å²) in [5.74, 6) is -1.01. The fourth-order valence-corrected chi connectivity index (χ4v) is 4.45. The van der Waals surface area contributed by atoms with Crippen molar-refractivity contribution < 1.29 is 18.0 Å². The van der Waals surface area contributed by atoms with Crippen LogP contribution in [0.1, 0.15) is 46.5 Å². The standard InChI is InChI=1S/C18H22N4O4S/c23-17(20-21-18(24)16-6-5-11-19-16)14-7-9-15(10-8-14)27(25,26)22-12-3-1-2-4-13-22/h5-11,19H,1-4,12-13H2,(H,20,23)(H,21,24). The average Bonchev–Trinajstić information content (AvgIpc) is 3.07. The largest absolute Gasteiger partial charge is 0.357 e. The summed E-state index contributed by atoms with van der Waals surface area (Å²) in [6.45, 7) is 1.05. The smallest absolute Gasteiger partial charge is 0.286 e. The minimum absolute atomic E-state index is 0.163. The van der Waals surface area contributed by atoms with Gasteiger partial charge in [0, 0.05) is 24.8 Å². The molecule has 1 aliphatic rings. The third-order valence-electron chi connectivity index (χ3n) is 4.45. The Bertz CT molecular complexity index is 884. The molecule has 9 heteroatoms. The number of sulfonamides is 1. The van der Waals surface area contributed by atoms with Crippen LogP contribution in [-0.2, 0) is 10.0 Å². The maximum Gasteiger partial charge on any atom is 0.286 e. The first-order valence-corrected chi connectivity index (χ1v) is 10.3. The van der Waals surface area contributed by atoms with Crippen LogP contribution in [0, 0.1) is 0 Å². The fourth-order valence-electron chi connectivity index (χ4n) is 2.93. The summed E-state index contributed by atoms with van der Waals surface area (Å²) >= 11 is 0. The van der Waals surface area contributed by atoms with Gasteiger partial charge in [0.05, 0.1) is 4.90 Å². The number of aromatic amines is 1. The molecule has 8 nitrogen and oxygen atoms in total. The molecule has 0 unspecified atom stereocenters. The van der Waals surface area contributed by atoms with Crippen molar-refractivity contribution in [1.82, 2.24) is 20.1 Å². The number of nitrogens with one attached hydrogen (secondary N) is 3. The van der Waals surface area contributed by atoms with E-state index < -0.39 is 21.8 Å². The van der Waals surface area contributed by atoms with Crippen LogP contribution in [0.15, 0.2) is 47.5 Å². The van der Waals surface area contributed by atoms with Crippen LogP contribution >= 0.6 is 0 Å². The maximum atomic E-state index is 12.7. The minimum Gasteiger partial charge on any atom is -0.357 e. The molecule has 2 amide bonds. The monoisotopic (exact) mass is 390 g/mol. The van der Waals surface area contributed by atoms with Crippen molar-refractivity contribution in [2.45, 2.75) is 30.6 Å². The zero-order chi connectivity index (χ0) is 19.3. The molecule has 1 aromatic heterocycles. The maximum absolute atomic E-state index is 12.7. The van der Waals surface area contributed by atoms with Gasteiger partial charge in [-0.1, -0.05) is 12.8 Å². The SMILES string of the molecule is O=C(NNC(=O)c1ccc[nH]1)c1ccc(S(=O)(=O)N2CCCCCC2)cc1. The van der Waals surface area contributed by atoms with Crippen LogP contribution in [-0.4, -0.2) is 42.6 Å². The van der Waals surface area contributed by atoms with Gasteiger partial charge < -0.3 is 4.98 Å². The predicted octanol–water partition coefficient (Wildman–Crippen LogP) is 1.65. The van der Waals surface area contributed by atoms with Gasteiger partial charge >= 0.3 is 0 Å². The number of H-pyrrole nitrogens is 1. The molecule has 27 heavy (non-hydrogen) atoms. The molecule has 0 aliphatic carbocycles. The molecule has 1 saturated heterocycles. The van der Waals surface area contributed by atoms with Crippen LogP contribution in [0.3, 0.4) is 0 Å². The summed E-state index contributed by atoms with van der Waals surface area (Å²) in [5.41, 5.74) is 5.15. The Hall–Kier alpha value is -2.65. The second-order valence-electron chi connectivity index (χ2n) is 6.33. The van der Waals surface area contributed by atoms with E-state index in [9.17, 15) is 18.0 Å². The van der Waals surface area contributed by atoms with E-state index in [1.807, 2.05) is 0 Å². The summed E-state index contributed by atoms with van der Waals surface area (Å²) in [6.07, 6.45) is 5.40. The first kappa shape index (κ1) is 19.1. The summed E-state index contributed by atoms with van der Waals surface area (Å²) in [7, 11) is -3.56. The minimum atomic E-state index is -3.56. The summed E-state index contributed by atoms with van der Waals surface area (Å²) in [6, 6.07) is 8.94. The Morgan fingerprint density at radius 2 is 1.52 bits per heavy atom. The van der Waals surface area contributed by atoms with Gasteiger partial charge in [0.1, 0.15) is 5.69 Å². The van der Waals surface area contributed by atoms with E-state index in [1.165, 1.54) is 28.6 Å². The zero-order valence-electron chi connectivity index (χ0n) is 14.8. The van der Waals surface area contributed by atoms with Crippen LogP contribution in [0.25, 0.3) is 0 Å². The zero-order valence-corrected chi connectivity index (χ0v) is 15.6. The number of benzene rings is 1. The summed E-state index contributed by atoms with van der Waals surface area (Å²) < 4.78 is 27.0. The highest BCUT2D eigenvalue weighted by molar-refractivity contribution is 7.89. The van der Waals surface area contributed by atoms with E-state index in [2.05, 4.69) is 15.8 Å². The van der Waals surface area contributed by atoms with E-state index >= 15 is 0 Å². The first-order valence-electron chi connectivity index (χ1n) is 8.83. The van der Waals surface area contributed by atoms with Crippen LogP contribution in [0.2, 0.25) is 0 Å². The molecule has 0 radical (unpaired) electrons. The van der Waals surface area contributed by atoms with Crippen molar-refractivity contribution in [1.29, 1.82) is 0 Å². The van der Waals surface area contributed by atoms with E-state index in [0.29, 0.717) is 18.8 Å². The third kappa shape index (κ3) is 4.55. The highest BCUT2D eigenvalue weighted by atomic mass is 32.2. The van der Waals surface area contributed by atoms with Crippen molar-refractivity contribution in [3.8, 4) is 0 Å². The summed E-state index contributed by atoms with van der Waals surface area (Å²) in [5, 5.41) is 0. The molecule has 2 aromatic rings. The normalized spacial score (nSPS) is 15.7. The van der Waals surface area contributed by atoms with Gasteiger partial charge in [-0.3, -0.25) is 20.4 Å². The number of hydrazine groups is 1. The lowest BCUT2D eigenvalue weighted by molar-refractivity contribution is 0.0844. The molecular formula is C18H22N4O4S. The first-order chi connectivity index (χ1) is 13.0. The highest BCUT2D eigenvalue weighted by Crippen LogP contribution is 2.20. The Labute approximate surface area is 158 Å². The Balaban J connectivity index is 1.63. The number of hydrogen-bond donors (Lipinski definition) is 3. The lowest BCUT2D eigenvalue weighted by Crippen LogP contribution is -2.41. The molecule has 0 bridgehead atoms. The molecule has 2 heterocycles. The van der Waals surface area contributed by atoms with Gasteiger partial charge in [-0.15, -0.1) is 0 Å². The number of amides is 2. The predicted molar refractivity (Wildman–Crippen MR) is 99.4 cm³/mol. The Morgan fingerprint density at radius 1 is 0.889 bits per heavy atom. The van der Waals surface area contributed by atoms with Crippen LogP contribution in [0.4, 0.5) is 0 Å². The molecule has 0 saturated carbocycles. The highest BCUT2D eigenvalue weighted by Gasteiger charge is 2.25. The molecule has 144 valence electrons. The van der Waals surface area contributed by atoms with Gasteiger partial charge in [0.25, 0.3) is 11.8 Å². The van der Waals surface area contributed by atoms with Gasteiger partial charge in [-0.2, -0.15) is 4.31 Å². The van der Waals surface area contributed by atoms with Crippen LogP contribution < -0.4 is 10.9 Å². The fraction of sp³-hybridized carbons (Fsp3) is 0.333. The van der Waals surface area contributed by atoms with Crippen molar-refractivity contribution >= 4 is 21.8 Å². The van der Waals surface area contributed by atoms with Gasteiger partial charge in [-0.25, -0.2) is 8.42 Å². The van der Waals surface area contributed by atoms with Gasteiger partial charge in [0.15, 0.2) is 0 Å². The van der Waals surface area contributed by atoms with E-state index in [0.717, 1.165) is 25.7 Å². The van der Waals surface area contributed by atoms with Gasteiger partial charge in [0.2, 0.25) is 10.0 Å². The topological polar surface area (TPSA) is 111 Å². The molecule has 3 N–H and O–H groups in total. The average molecular weight is 390 g/mol. The van der Waals surface area contributed by atoms with E-state index in [-0.39, 0.29) is 10.5 Å². The lowest BCUT2D eigenvalue weighted by atomic mass is 10.2. The number of carbonyl (C=O) groups excluding carboxylic acids is 2. The molecule has 1 aromatic carbocycles. The molecule has 1 aliphatic heterocycles. The van der Waals surface area contributed by atoms with Crippen molar-refractivity contribution in [2.24, 2.45) is 0 Å². The van der Waals surface area contributed by atoms with E-state index in [4.69, 9.17) is 0 Å². The lowest BCUT2D eigenvalue weighted by Gasteiger charge is -2.20. The number of aromatic nitrogens is 1. The van der Waals surface area contributed by atoms with Crippen molar-refractivity contribution in [2.75, 3.05) is 13.1 Å².